The lowest BCUT2D eigenvalue weighted by atomic mass is 10.2. The summed E-state index contributed by atoms with van der Waals surface area (Å²) in [5, 5.41) is 10.7. The highest BCUT2D eigenvalue weighted by Crippen LogP contribution is 2.29. The Labute approximate surface area is 209 Å². The summed E-state index contributed by atoms with van der Waals surface area (Å²) in [5.74, 6) is 0. The van der Waals surface area contributed by atoms with Crippen LogP contribution in [0.5, 0.6) is 0 Å². The minimum atomic E-state index is -0.761. The highest BCUT2D eigenvalue weighted by Gasteiger charge is 2.38. The molecule has 1 aliphatic rings. The van der Waals surface area contributed by atoms with Crippen molar-refractivity contribution in [2.75, 3.05) is 29.9 Å². The second-order valence-electron chi connectivity index (χ2n) is 7.72. The number of carbonyl (C=O) groups excluding carboxylic acids is 2. The molecule has 1 aromatic rings. The van der Waals surface area contributed by atoms with Gasteiger partial charge < -0.3 is 14.4 Å². The molecular weight excluding hydrogens is 508 g/mol. The maximum absolute atomic E-state index is 13.3. The van der Waals surface area contributed by atoms with E-state index < -0.39 is 12.4 Å². The zero-order chi connectivity index (χ0) is 23.9. The van der Waals surface area contributed by atoms with E-state index in [1.807, 2.05) is 19.1 Å². The van der Waals surface area contributed by atoms with Crippen LogP contribution in [0.15, 0.2) is 24.8 Å². The number of hydrogen-bond donors (Lipinski definition) is 0. The number of halogens is 1. The number of anilines is 1. The van der Waals surface area contributed by atoms with Crippen LogP contribution in [0, 0.1) is 0 Å². The molecule has 184 valence electrons. The normalized spacial score (nSPS) is 16.4. The van der Waals surface area contributed by atoms with E-state index in [0.717, 1.165) is 61.7 Å². The van der Waals surface area contributed by atoms with Gasteiger partial charge in [0.25, 0.3) is 0 Å². The number of aryl methyl sites for hydroxylation is 1. The lowest BCUT2D eigenvalue weighted by Crippen LogP contribution is -2.56. The van der Waals surface area contributed by atoms with Crippen LogP contribution in [0.2, 0.25) is 0 Å². The fraction of sp³-hybridized carbons (Fsp3) is 0.652. The van der Waals surface area contributed by atoms with Crippen molar-refractivity contribution in [3.8, 4) is 0 Å². The van der Waals surface area contributed by atoms with E-state index in [4.69, 9.17) is 9.47 Å². The first-order valence-electron chi connectivity index (χ1n) is 11.6. The maximum Gasteiger partial charge on any atom is 0.510 e. The van der Waals surface area contributed by atoms with Crippen LogP contribution in [0.25, 0.3) is 0 Å². The summed E-state index contributed by atoms with van der Waals surface area (Å²) in [4.78, 5) is 28.8. The quantitative estimate of drug-likeness (QED) is 0.115. The molecule has 2 amide bonds. The number of hydrogen-bond acceptors (Lipinski definition) is 7. The Hall–Kier alpha value is -1.94. The number of alkyl halides is 1. The van der Waals surface area contributed by atoms with E-state index >= 15 is 0 Å². The van der Waals surface area contributed by atoms with Crippen molar-refractivity contribution in [2.24, 2.45) is 0 Å². The third-order valence-electron chi connectivity index (χ3n) is 5.14. The van der Waals surface area contributed by atoms with Crippen LogP contribution in [-0.2, 0) is 15.9 Å². The fourth-order valence-electron chi connectivity index (χ4n) is 3.36. The van der Waals surface area contributed by atoms with Crippen molar-refractivity contribution in [1.82, 2.24) is 15.1 Å². The van der Waals surface area contributed by atoms with E-state index in [0.29, 0.717) is 24.6 Å². The topological polar surface area (TPSA) is 84.9 Å². The molecule has 0 radical (unpaired) electrons. The Morgan fingerprint density at radius 3 is 2.85 bits per heavy atom. The second-order valence-corrected chi connectivity index (χ2v) is 9.55. The van der Waals surface area contributed by atoms with Gasteiger partial charge in [0.05, 0.1) is 6.61 Å². The van der Waals surface area contributed by atoms with Crippen molar-refractivity contribution in [1.29, 1.82) is 0 Å². The zero-order valence-electron chi connectivity index (χ0n) is 19.4. The van der Waals surface area contributed by atoms with Crippen molar-refractivity contribution < 1.29 is 19.1 Å². The number of allylic oxidation sites excluding steroid dienone is 3. The molecule has 0 saturated carbocycles. The Morgan fingerprint density at radius 1 is 1.24 bits per heavy atom. The molecule has 0 N–H and O–H groups in total. The summed E-state index contributed by atoms with van der Waals surface area (Å²) in [6.07, 6.45) is 12.2. The van der Waals surface area contributed by atoms with Crippen molar-refractivity contribution in [2.45, 2.75) is 70.9 Å². The highest BCUT2D eigenvalue weighted by molar-refractivity contribution is 9.09. The Morgan fingerprint density at radius 2 is 2.09 bits per heavy atom. The summed E-state index contributed by atoms with van der Waals surface area (Å²) < 4.78 is 10.7. The molecule has 33 heavy (non-hydrogen) atoms. The summed E-state index contributed by atoms with van der Waals surface area (Å²) in [6.45, 7) is 7.19. The number of amides is 2. The monoisotopic (exact) mass is 542 g/mol. The minimum absolute atomic E-state index is 0.214. The van der Waals surface area contributed by atoms with Gasteiger partial charge >= 0.3 is 12.2 Å². The Bertz CT molecular complexity index is 773. The average molecular weight is 544 g/mol. The molecular formula is C23H35BrN4O4S. The lowest BCUT2D eigenvalue weighted by molar-refractivity contribution is 0.0120. The van der Waals surface area contributed by atoms with E-state index in [1.54, 1.807) is 4.90 Å². The van der Waals surface area contributed by atoms with E-state index in [1.165, 1.54) is 16.2 Å². The largest absolute Gasteiger partial charge is 0.510 e. The summed E-state index contributed by atoms with van der Waals surface area (Å²) >= 11 is 4.73. The van der Waals surface area contributed by atoms with Gasteiger partial charge in [-0.05, 0) is 51.9 Å². The Kier molecular flexibility index (Phi) is 13.1. The van der Waals surface area contributed by atoms with Crippen LogP contribution in [0.1, 0.15) is 63.3 Å². The smallest absolute Gasteiger partial charge is 0.434 e. The molecule has 1 fully saturated rings. The zero-order valence-corrected chi connectivity index (χ0v) is 21.8. The van der Waals surface area contributed by atoms with E-state index in [2.05, 4.69) is 38.8 Å². The van der Waals surface area contributed by atoms with Gasteiger partial charge in [-0.25, -0.2) is 14.5 Å². The number of unbranched alkanes of at least 4 members (excludes halogenated alkanes) is 4. The fourth-order valence-corrected chi connectivity index (χ4v) is 4.67. The van der Waals surface area contributed by atoms with Gasteiger partial charge in [-0.2, -0.15) is 0 Å². The summed E-state index contributed by atoms with van der Waals surface area (Å²) in [5.41, 5.74) is 0. The summed E-state index contributed by atoms with van der Waals surface area (Å²) in [7, 11) is 0. The average Bonchev–Trinajstić information content (AvgIpc) is 3.27. The molecule has 1 aromatic heterocycles. The number of ether oxygens (including phenoxy) is 2. The number of urea groups is 1. The maximum atomic E-state index is 13.3. The SMILES string of the molecule is C=CCCCCN1CCC(OC(=O)OCCCCBr)N(c2nnc(CCCC=CC)s2)C1=O. The van der Waals surface area contributed by atoms with Crippen LogP contribution in [0.3, 0.4) is 0 Å². The van der Waals surface area contributed by atoms with Crippen LogP contribution in [-0.4, -0.2) is 58.5 Å². The number of nitrogens with zero attached hydrogens (tertiary/aromatic N) is 4. The minimum Gasteiger partial charge on any atom is -0.434 e. The molecule has 0 aliphatic carbocycles. The Balaban J connectivity index is 2.06. The third-order valence-corrected chi connectivity index (χ3v) is 6.68. The molecule has 10 heteroatoms. The number of carbonyl (C=O) groups is 2. The van der Waals surface area contributed by atoms with E-state index in [-0.39, 0.29) is 12.6 Å². The number of aromatic nitrogens is 2. The predicted molar refractivity (Wildman–Crippen MR) is 135 cm³/mol. The van der Waals surface area contributed by atoms with Gasteiger partial charge in [0.2, 0.25) is 5.13 Å². The first-order chi connectivity index (χ1) is 16.1. The van der Waals surface area contributed by atoms with Gasteiger partial charge in [-0.1, -0.05) is 45.5 Å². The first-order valence-corrected chi connectivity index (χ1v) is 13.6. The molecule has 8 nitrogen and oxygen atoms in total. The molecule has 0 bridgehead atoms. The van der Waals surface area contributed by atoms with E-state index in [9.17, 15) is 9.59 Å². The first kappa shape index (κ1) is 27.3. The molecule has 2 rings (SSSR count). The molecule has 1 saturated heterocycles. The molecule has 1 aliphatic heterocycles. The van der Waals surface area contributed by atoms with Gasteiger partial charge in [0.1, 0.15) is 5.01 Å². The number of rotatable bonds is 15. The molecule has 1 unspecified atom stereocenters. The van der Waals surface area contributed by atoms with Crippen LogP contribution in [0.4, 0.5) is 14.7 Å². The molecule has 2 heterocycles. The molecule has 1 atom stereocenters. The highest BCUT2D eigenvalue weighted by atomic mass is 79.9. The van der Waals surface area contributed by atoms with Crippen LogP contribution < -0.4 is 4.90 Å². The second kappa shape index (κ2) is 15.8. The predicted octanol–water partition coefficient (Wildman–Crippen LogP) is 6.08. The van der Waals surface area contributed by atoms with Crippen molar-refractivity contribution in [3.63, 3.8) is 0 Å². The lowest BCUT2D eigenvalue weighted by Gasteiger charge is -2.38. The third kappa shape index (κ3) is 9.44. The standard InChI is InChI=1S/C23H35BrN4O4S/c1-3-5-7-9-13-19-25-26-21(33-19)28-20(32-23(30)31-18-12-10-15-24)14-17-27(22(28)29)16-11-8-6-4-2/h3-5,20H,2,6-18H2,1H3. The summed E-state index contributed by atoms with van der Waals surface area (Å²) in [6, 6.07) is -0.214. The van der Waals surface area contributed by atoms with Gasteiger partial charge in [-0.15, -0.1) is 16.8 Å². The van der Waals surface area contributed by atoms with Gasteiger partial charge in [-0.3, -0.25) is 0 Å². The van der Waals surface area contributed by atoms with Crippen molar-refractivity contribution >= 4 is 44.6 Å². The van der Waals surface area contributed by atoms with Gasteiger partial charge in [0.15, 0.2) is 6.23 Å². The molecule has 0 aromatic carbocycles. The van der Waals surface area contributed by atoms with Crippen LogP contribution >= 0.6 is 27.3 Å². The van der Waals surface area contributed by atoms with Gasteiger partial charge in [0, 0.05) is 31.3 Å². The molecule has 0 spiro atoms. The van der Waals surface area contributed by atoms with Crippen molar-refractivity contribution in [3.05, 3.63) is 29.8 Å².